The summed E-state index contributed by atoms with van der Waals surface area (Å²) in [6.07, 6.45) is 4.11. The van der Waals surface area contributed by atoms with E-state index in [9.17, 15) is 0 Å². The van der Waals surface area contributed by atoms with Gasteiger partial charge < -0.3 is 14.6 Å². The Hall–Kier alpha value is -0.120. The molecule has 0 aliphatic carbocycles. The molecular formula is C9H18O3. The Bertz CT molecular complexity index is 110. The number of ether oxygens (including phenoxy) is 2. The molecule has 1 saturated heterocycles. The minimum Gasteiger partial charge on any atom is -0.396 e. The van der Waals surface area contributed by atoms with E-state index in [0.717, 1.165) is 19.4 Å². The van der Waals surface area contributed by atoms with Gasteiger partial charge in [0.2, 0.25) is 0 Å². The van der Waals surface area contributed by atoms with Crippen molar-refractivity contribution in [1.82, 2.24) is 0 Å². The highest BCUT2D eigenvalue weighted by Gasteiger charge is 2.16. The predicted octanol–water partition coefficient (Wildman–Crippen LogP) is 1.30. The molecule has 0 saturated carbocycles. The van der Waals surface area contributed by atoms with Crippen LogP contribution in [0.25, 0.3) is 0 Å². The standard InChI is InChI=1S/C9H18O3/c1-8(5-6-10)12-9-4-2-3-7-11-9/h8-10H,2-7H2,1H3. The van der Waals surface area contributed by atoms with Crippen molar-refractivity contribution in [2.75, 3.05) is 13.2 Å². The summed E-state index contributed by atoms with van der Waals surface area (Å²) >= 11 is 0. The third-order valence-corrected chi connectivity index (χ3v) is 2.06. The van der Waals surface area contributed by atoms with Crippen LogP contribution in [-0.2, 0) is 9.47 Å². The van der Waals surface area contributed by atoms with Gasteiger partial charge in [0.1, 0.15) is 0 Å². The molecule has 0 bridgehead atoms. The maximum Gasteiger partial charge on any atom is 0.157 e. The first kappa shape index (κ1) is 9.96. The first-order chi connectivity index (χ1) is 5.83. The predicted molar refractivity (Wildman–Crippen MR) is 45.8 cm³/mol. The molecule has 1 rings (SSSR count). The van der Waals surface area contributed by atoms with Crippen molar-refractivity contribution in [1.29, 1.82) is 0 Å². The molecule has 0 spiro atoms. The lowest BCUT2D eigenvalue weighted by molar-refractivity contribution is -0.186. The number of aliphatic hydroxyl groups is 1. The molecule has 1 N–H and O–H groups in total. The first-order valence-electron chi connectivity index (χ1n) is 4.71. The van der Waals surface area contributed by atoms with E-state index in [1.165, 1.54) is 6.42 Å². The third-order valence-electron chi connectivity index (χ3n) is 2.06. The molecule has 1 heterocycles. The van der Waals surface area contributed by atoms with Crippen LogP contribution in [0.3, 0.4) is 0 Å². The Labute approximate surface area is 73.7 Å². The Balaban J connectivity index is 2.11. The molecule has 2 atom stereocenters. The van der Waals surface area contributed by atoms with E-state index in [4.69, 9.17) is 14.6 Å². The van der Waals surface area contributed by atoms with Crippen LogP contribution in [-0.4, -0.2) is 30.7 Å². The molecule has 1 aliphatic heterocycles. The zero-order chi connectivity index (χ0) is 8.81. The van der Waals surface area contributed by atoms with Gasteiger partial charge in [-0.2, -0.15) is 0 Å². The summed E-state index contributed by atoms with van der Waals surface area (Å²) in [4.78, 5) is 0. The fourth-order valence-electron chi connectivity index (χ4n) is 1.33. The molecular weight excluding hydrogens is 156 g/mol. The number of rotatable bonds is 4. The SMILES string of the molecule is CC(CCO)OC1CCCCO1. The molecule has 3 heteroatoms. The van der Waals surface area contributed by atoms with Crippen molar-refractivity contribution in [2.45, 2.75) is 45.0 Å². The summed E-state index contributed by atoms with van der Waals surface area (Å²) in [7, 11) is 0. The molecule has 1 aliphatic rings. The molecule has 12 heavy (non-hydrogen) atoms. The number of aliphatic hydroxyl groups excluding tert-OH is 1. The second kappa shape index (κ2) is 5.51. The van der Waals surface area contributed by atoms with Crippen molar-refractivity contribution in [3.63, 3.8) is 0 Å². The summed E-state index contributed by atoms with van der Waals surface area (Å²) in [5.41, 5.74) is 0. The first-order valence-corrected chi connectivity index (χ1v) is 4.71. The largest absolute Gasteiger partial charge is 0.396 e. The molecule has 0 aromatic rings. The van der Waals surface area contributed by atoms with Crippen molar-refractivity contribution in [2.24, 2.45) is 0 Å². The molecule has 0 radical (unpaired) electrons. The zero-order valence-electron chi connectivity index (χ0n) is 7.66. The van der Waals surface area contributed by atoms with Gasteiger partial charge in [-0.05, 0) is 32.6 Å². The van der Waals surface area contributed by atoms with Crippen molar-refractivity contribution < 1.29 is 14.6 Å². The van der Waals surface area contributed by atoms with Crippen LogP contribution in [0.1, 0.15) is 32.6 Å². The van der Waals surface area contributed by atoms with E-state index >= 15 is 0 Å². The molecule has 1 fully saturated rings. The molecule has 0 aromatic carbocycles. The Morgan fingerprint density at radius 2 is 2.42 bits per heavy atom. The highest BCUT2D eigenvalue weighted by molar-refractivity contribution is 4.57. The number of hydrogen-bond donors (Lipinski definition) is 1. The van der Waals surface area contributed by atoms with Crippen molar-refractivity contribution >= 4 is 0 Å². The van der Waals surface area contributed by atoms with Gasteiger partial charge in [0.15, 0.2) is 6.29 Å². The molecule has 72 valence electrons. The molecule has 3 nitrogen and oxygen atoms in total. The maximum atomic E-state index is 8.65. The summed E-state index contributed by atoms with van der Waals surface area (Å²) in [6, 6.07) is 0. The van der Waals surface area contributed by atoms with Crippen LogP contribution in [0.5, 0.6) is 0 Å². The summed E-state index contributed by atoms with van der Waals surface area (Å²) in [5, 5.41) is 8.65. The van der Waals surface area contributed by atoms with Gasteiger partial charge >= 0.3 is 0 Å². The van der Waals surface area contributed by atoms with Crippen LogP contribution in [0.2, 0.25) is 0 Å². The smallest absolute Gasteiger partial charge is 0.157 e. The summed E-state index contributed by atoms with van der Waals surface area (Å²) in [5.74, 6) is 0. The fourth-order valence-corrected chi connectivity index (χ4v) is 1.33. The summed E-state index contributed by atoms with van der Waals surface area (Å²) in [6.45, 7) is 2.97. The van der Waals surface area contributed by atoms with Crippen LogP contribution >= 0.6 is 0 Å². The van der Waals surface area contributed by atoms with E-state index < -0.39 is 0 Å². The zero-order valence-corrected chi connectivity index (χ0v) is 7.66. The van der Waals surface area contributed by atoms with Crippen LogP contribution in [0, 0.1) is 0 Å². The Kier molecular flexibility index (Phi) is 4.58. The van der Waals surface area contributed by atoms with Crippen molar-refractivity contribution in [3.8, 4) is 0 Å². The lowest BCUT2D eigenvalue weighted by Crippen LogP contribution is -2.26. The van der Waals surface area contributed by atoms with Gasteiger partial charge in [-0.15, -0.1) is 0 Å². The van der Waals surface area contributed by atoms with E-state index in [-0.39, 0.29) is 19.0 Å². The topological polar surface area (TPSA) is 38.7 Å². The van der Waals surface area contributed by atoms with E-state index in [0.29, 0.717) is 6.42 Å². The molecule has 0 amide bonds. The quantitative estimate of drug-likeness (QED) is 0.698. The van der Waals surface area contributed by atoms with Gasteiger partial charge in [-0.3, -0.25) is 0 Å². The average Bonchev–Trinajstić information content (AvgIpc) is 2.06. The van der Waals surface area contributed by atoms with Crippen LogP contribution in [0.15, 0.2) is 0 Å². The van der Waals surface area contributed by atoms with Gasteiger partial charge in [0, 0.05) is 13.2 Å². The number of hydrogen-bond acceptors (Lipinski definition) is 3. The third kappa shape index (κ3) is 3.52. The minimum atomic E-state index is -0.0275. The minimum absolute atomic E-state index is 0.0275. The van der Waals surface area contributed by atoms with E-state index in [2.05, 4.69) is 0 Å². The Morgan fingerprint density at radius 3 is 3.00 bits per heavy atom. The Morgan fingerprint density at radius 1 is 1.58 bits per heavy atom. The average molecular weight is 174 g/mol. The highest BCUT2D eigenvalue weighted by atomic mass is 16.7. The second-order valence-corrected chi connectivity index (χ2v) is 3.26. The monoisotopic (exact) mass is 174 g/mol. The lowest BCUT2D eigenvalue weighted by Gasteiger charge is -2.25. The van der Waals surface area contributed by atoms with E-state index in [1.54, 1.807) is 0 Å². The summed E-state index contributed by atoms with van der Waals surface area (Å²) < 4.78 is 10.9. The molecule has 2 unspecified atom stereocenters. The molecule has 0 aromatic heterocycles. The van der Waals surface area contributed by atoms with E-state index in [1.807, 2.05) is 6.92 Å². The van der Waals surface area contributed by atoms with Crippen molar-refractivity contribution in [3.05, 3.63) is 0 Å². The van der Waals surface area contributed by atoms with Gasteiger partial charge in [-0.25, -0.2) is 0 Å². The second-order valence-electron chi connectivity index (χ2n) is 3.26. The van der Waals surface area contributed by atoms with Gasteiger partial charge in [0.05, 0.1) is 6.10 Å². The highest BCUT2D eigenvalue weighted by Crippen LogP contribution is 2.15. The lowest BCUT2D eigenvalue weighted by atomic mass is 10.2. The van der Waals surface area contributed by atoms with Crippen LogP contribution < -0.4 is 0 Å². The van der Waals surface area contributed by atoms with Gasteiger partial charge in [-0.1, -0.05) is 0 Å². The normalized spacial score (nSPS) is 27.0. The fraction of sp³-hybridized carbons (Fsp3) is 1.00. The van der Waals surface area contributed by atoms with Crippen LogP contribution in [0.4, 0.5) is 0 Å². The maximum absolute atomic E-state index is 8.65. The van der Waals surface area contributed by atoms with Gasteiger partial charge in [0.25, 0.3) is 0 Å².